The molecule has 0 spiro atoms. The van der Waals surface area contributed by atoms with E-state index < -0.39 is 0 Å². The number of hydrogen-bond acceptors (Lipinski definition) is 5. The number of anilines is 1. The van der Waals surface area contributed by atoms with Crippen LogP contribution in [-0.4, -0.2) is 18.9 Å². The Morgan fingerprint density at radius 1 is 1.60 bits per heavy atom. The van der Waals surface area contributed by atoms with Crippen LogP contribution in [0.2, 0.25) is 0 Å². The minimum Gasteiger partial charge on any atom is -0.264 e. The third kappa shape index (κ3) is 2.10. The highest BCUT2D eigenvalue weighted by Gasteiger charge is 2.17. The zero-order chi connectivity index (χ0) is 10.8. The third-order valence-corrected chi connectivity index (χ3v) is 3.38. The van der Waals surface area contributed by atoms with Gasteiger partial charge in [-0.15, -0.1) is 5.23 Å². The van der Waals surface area contributed by atoms with Gasteiger partial charge in [0.15, 0.2) is 0 Å². The van der Waals surface area contributed by atoms with Crippen molar-refractivity contribution in [2.24, 2.45) is 0 Å². The summed E-state index contributed by atoms with van der Waals surface area (Å²) in [7, 11) is 1.42. The molecule has 2 rings (SSSR count). The second-order valence-corrected chi connectivity index (χ2v) is 4.46. The zero-order valence-corrected chi connectivity index (χ0v) is 9.54. The van der Waals surface area contributed by atoms with Gasteiger partial charge in [0.05, 0.1) is 12.8 Å². The number of fused-ring (bicyclic) bond motifs is 1. The molecule has 82 valence electrons. The predicted molar refractivity (Wildman–Crippen MR) is 60.0 cm³/mol. The maximum absolute atomic E-state index is 9.38. The lowest BCUT2D eigenvalue weighted by atomic mass is 10.0. The van der Waals surface area contributed by atoms with E-state index in [1.807, 2.05) is 18.2 Å². The van der Waals surface area contributed by atoms with E-state index in [0.29, 0.717) is 11.6 Å². The largest absolute Gasteiger partial charge is 0.264 e. The molecule has 0 bridgehead atoms. The minimum absolute atomic E-state index is 0.505. The topological polar surface area (TPSA) is 44.7 Å². The van der Waals surface area contributed by atoms with Gasteiger partial charge in [0, 0.05) is 11.4 Å². The standard InChI is InChI=1S/C10H14N2O2S/c1-7-6-11-15-10-5-8(12(13)14-2)3-4-9(7)10/h3-5,7,11,13H,6H2,1-2H3. The summed E-state index contributed by atoms with van der Waals surface area (Å²) in [6, 6.07) is 5.79. The van der Waals surface area contributed by atoms with Gasteiger partial charge in [-0.1, -0.05) is 13.0 Å². The predicted octanol–water partition coefficient (Wildman–Crippen LogP) is 2.16. The van der Waals surface area contributed by atoms with Crippen LogP contribution in [0.3, 0.4) is 0 Å². The molecule has 1 aliphatic heterocycles. The SMILES string of the molecule is CON(O)c1ccc2c(c1)SNCC2C. The van der Waals surface area contributed by atoms with Gasteiger partial charge in [0.25, 0.3) is 0 Å². The number of nitrogens with zero attached hydrogens (tertiary/aromatic N) is 1. The Morgan fingerprint density at radius 2 is 2.40 bits per heavy atom. The van der Waals surface area contributed by atoms with Crippen molar-refractivity contribution in [2.75, 3.05) is 18.9 Å². The maximum Gasteiger partial charge on any atom is 0.0956 e. The average molecular weight is 226 g/mol. The van der Waals surface area contributed by atoms with Crippen molar-refractivity contribution in [3.8, 4) is 0 Å². The molecule has 1 atom stereocenters. The lowest BCUT2D eigenvalue weighted by Gasteiger charge is -2.24. The Hall–Kier alpha value is -0.750. The van der Waals surface area contributed by atoms with Gasteiger partial charge < -0.3 is 0 Å². The molecule has 1 aliphatic rings. The van der Waals surface area contributed by atoms with Gasteiger partial charge in [-0.25, -0.2) is 0 Å². The van der Waals surface area contributed by atoms with Crippen LogP contribution in [0.5, 0.6) is 0 Å². The molecule has 5 heteroatoms. The van der Waals surface area contributed by atoms with Crippen LogP contribution in [0.15, 0.2) is 23.1 Å². The van der Waals surface area contributed by atoms with Crippen LogP contribution in [0.4, 0.5) is 5.69 Å². The first-order valence-corrected chi connectivity index (χ1v) is 5.61. The first-order valence-electron chi connectivity index (χ1n) is 4.79. The lowest BCUT2D eigenvalue weighted by Crippen LogP contribution is -2.20. The Bertz CT molecular complexity index is 359. The van der Waals surface area contributed by atoms with E-state index in [1.165, 1.54) is 12.7 Å². The summed E-state index contributed by atoms with van der Waals surface area (Å²) in [5, 5.41) is 10.1. The van der Waals surface area contributed by atoms with Crippen molar-refractivity contribution in [3.05, 3.63) is 23.8 Å². The molecule has 1 aromatic carbocycles. The molecule has 0 fully saturated rings. The van der Waals surface area contributed by atoms with Crippen LogP contribution in [0.1, 0.15) is 18.4 Å². The fourth-order valence-corrected chi connectivity index (χ4v) is 2.65. The summed E-state index contributed by atoms with van der Waals surface area (Å²) in [4.78, 5) is 5.85. The molecule has 2 N–H and O–H groups in total. The Morgan fingerprint density at radius 3 is 3.13 bits per heavy atom. The molecule has 0 aliphatic carbocycles. The summed E-state index contributed by atoms with van der Waals surface area (Å²) in [5.41, 5.74) is 1.95. The van der Waals surface area contributed by atoms with Crippen LogP contribution in [0.25, 0.3) is 0 Å². The summed E-state index contributed by atoms with van der Waals surface area (Å²) in [6.07, 6.45) is 0. The van der Waals surface area contributed by atoms with Gasteiger partial charge in [0.2, 0.25) is 0 Å². The van der Waals surface area contributed by atoms with E-state index in [1.54, 1.807) is 11.9 Å². The number of rotatable bonds is 2. The summed E-state index contributed by atoms with van der Waals surface area (Å²) in [5.74, 6) is 0.505. The van der Waals surface area contributed by atoms with Crippen LogP contribution < -0.4 is 9.95 Å². The van der Waals surface area contributed by atoms with Crippen LogP contribution in [0, 0.1) is 0 Å². The van der Waals surface area contributed by atoms with E-state index in [0.717, 1.165) is 16.7 Å². The summed E-state index contributed by atoms with van der Waals surface area (Å²) in [6.45, 7) is 3.16. The van der Waals surface area contributed by atoms with E-state index in [9.17, 15) is 5.21 Å². The Balaban J connectivity index is 2.33. The molecule has 0 amide bonds. The van der Waals surface area contributed by atoms with Crippen LogP contribution >= 0.6 is 11.9 Å². The minimum atomic E-state index is 0.505. The van der Waals surface area contributed by atoms with Crippen molar-refractivity contribution in [1.82, 2.24) is 4.72 Å². The summed E-state index contributed by atoms with van der Waals surface area (Å²) >= 11 is 1.59. The molecule has 0 radical (unpaired) electrons. The Labute approximate surface area is 93.3 Å². The molecule has 1 aromatic rings. The highest BCUT2D eigenvalue weighted by atomic mass is 32.2. The fraction of sp³-hybridized carbons (Fsp3) is 0.400. The Kier molecular flexibility index (Phi) is 3.16. The van der Waals surface area contributed by atoms with E-state index >= 15 is 0 Å². The first-order chi connectivity index (χ1) is 7.22. The molecule has 4 nitrogen and oxygen atoms in total. The number of benzene rings is 1. The lowest BCUT2D eigenvalue weighted by molar-refractivity contribution is -0.0110. The quantitative estimate of drug-likeness (QED) is 0.597. The van der Waals surface area contributed by atoms with Crippen molar-refractivity contribution in [2.45, 2.75) is 17.7 Å². The zero-order valence-electron chi connectivity index (χ0n) is 8.73. The molecule has 15 heavy (non-hydrogen) atoms. The molecule has 0 saturated heterocycles. The van der Waals surface area contributed by atoms with Gasteiger partial charge in [-0.2, -0.15) is 0 Å². The first kappa shape index (κ1) is 10.8. The van der Waals surface area contributed by atoms with Gasteiger partial charge in [0.1, 0.15) is 0 Å². The molecule has 0 aromatic heterocycles. The molecule has 1 unspecified atom stereocenters. The smallest absolute Gasteiger partial charge is 0.0956 e. The van der Waals surface area contributed by atoms with Crippen LogP contribution in [-0.2, 0) is 4.84 Å². The van der Waals surface area contributed by atoms with Gasteiger partial charge >= 0.3 is 0 Å². The number of hydrogen-bond donors (Lipinski definition) is 2. The monoisotopic (exact) mass is 226 g/mol. The normalized spacial score (nSPS) is 19.8. The van der Waals surface area contributed by atoms with E-state index in [2.05, 4.69) is 11.6 Å². The second kappa shape index (κ2) is 4.40. The average Bonchev–Trinajstić information content (AvgIpc) is 2.28. The maximum atomic E-state index is 9.38. The van der Waals surface area contributed by atoms with E-state index in [-0.39, 0.29) is 0 Å². The van der Waals surface area contributed by atoms with Crippen molar-refractivity contribution in [1.29, 1.82) is 0 Å². The number of nitrogens with one attached hydrogen (secondary N) is 1. The van der Waals surface area contributed by atoms with Crippen molar-refractivity contribution >= 4 is 17.6 Å². The fourth-order valence-electron chi connectivity index (χ4n) is 1.60. The highest BCUT2D eigenvalue weighted by Crippen LogP contribution is 2.34. The van der Waals surface area contributed by atoms with Crippen molar-refractivity contribution < 1.29 is 10.0 Å². The molecular weight excluding hydrogens is 212 g/mol. The molecule has 0 saturated carbocycles. The second-order valence-electron chi connectivity index (χ2n) is 3.53. The van der Waals surface area contributed by atoms with E-state index in [4.69, 9.17) is 4.84 Å². The molecule has 1 heterocycles. The highest BCUT2D eigenvalue weighted by molar-refractivity contribution is 7.97. The summed E-state index contributed by atoms with van der Waals surface area (Å²) < 4.78 is 3.25. The third-order valence-electron chi connectivity index (χ3n) is 2.49. The van der Waals surface area contributed by atoms with Gasteiger partial charge in [-0.05, 0) is 35.6 Å². The van der Waals surface area contributed by atoms with Crippen molar-refractivity contribution in [3.63, 3.8) is 0 Å². The molecular formula is C10H14N2O2S. The van der Waals surface area contributed by atoms with Gasteiger partial charge in [-0.3, -0.25) is 14.8 Å².